The molecule has 4 aromatic rings. The molecule has 0 unspecified atom stereocenters. The summed E-state index contributed by atoms with van der Waals surface area (Å²) in [6.45, 7) is 3.85. The van der Waals surface area contributed by atoms with Crippen molar-refractivity contribution >= 4 is 28.5 Å². The van der Waals surface area contributed by atoms with Gasteiger partial charge in [0.25, 0.3) is 0 Å². The van der Waals surface area contributed by atoms with Crippen LogP contribution in [0.2, 0.25) is 0 Å². The molecule has 8 heteroatoms. The Kier molecular flexibility index (Phi) is 5.22. The summed E-state index contributed by atoms with van der Waals surface area (Å²) in [7, 11) is 1.26. The minimum absolute atomic E-state index is 0.0392. The highest BCUT2D eigenvalue weighted by atomic mass is 16.5. The van der Waals surface area contributed by atoms with Gasteiger partial charge in [-0.05, 0) is 44.0 Å². The Balaban J connectivity index is 1.47. The van der Waals surface area contributed by atoms with Gasteiger partial charge in [-0.3, -0.25) is 4.79 Å². The standard InChI is InChI=1S/C22H21N3O5/c1-13-16(14(2)25-21(23-13)17-6-4-5-7-18(17)24-25)8-9-19(26)30-12-15-10-11-29-20(15)22(27)28-3/h4-7,10-11H,8-9,12H2,1-3H3. The molecule has 3 aromatic heterocycles. The van der Waals surface area contributed by atoms with Crippen LogP contribution in [0.5, 0.6) is 0 Å². The van der Waals surface area contributed by atoms with E-state index in [2.05, 4.69) is 9.84 Å². The Bertz CT molecular complexity index is 1250. The van der Waals surface area contributed by atoms with Crippen molar-refractivity contribution in [2.45, 2.75) is 33.3 Å². The summed E-state index contributed by atoms with van der Waals surface area (Å²) < 4.78 is 16.9. The van der Waals surface area contributed by atoms with E-state index in [-0.39, 0.29) is 24.8 Å². The zero-order valence-corrected chi connectivity index (χ0v) is 17.0. The highest BCUT2D eigenvalue weighted by Crippen LogP contribution is 2.23. The number of rotatable bonds is 6. The van der Waals surface area contributed by atoms with Gasteiger partial charge in [0, 0.05) is 28.8 Å². The van der Waals surface area contributed by atoms with E-state index in [0.717, 1.165) is 33.5 Å². The molecule has 0 saturated heterocycles. The predicted molar refractivity (Wildman–Crippen MR) is 108 cm³/mol. The van der Waals surface area contributed by atoms with E-state index in [4.69, 9.17) is 14.1 Å². The van der Waals surface area contributed by atoms with Gasteiger partial charge in [0.15, 0.2) is 5.65 Å². The molecular weight excluding hydrogens is 386 g/mol. The summed E-state index contributed by atoms with van der Waals surface area (Å²) in [5.74, 6) is -0.947. The second-order valence-electron chi connectivity index (χ2n) is 6.94. The number of hydrogen-bond acceptors (Lipinski definition) is 7. The van der Waals surface area contributed by atoms with Crippen LogP contribution >= 0.6 is 0 Å². The van der Waals surface area contributed by atoms with Crippen molar-refractivity contribution in [3.63, 3.8) is 0 Å². The highest BCUT2D eigenvalue weighted by Gasteiger charge is 2.18. The van der Waals surface area contributed by atoms with Gasteiger partial charge in [-0.1, -0.05) is 12.1 Å². The highest BCUT2D eigenvalue weighted by molar-refractivity contribution is 5.92. The number of methoxy groups -OCH3 is 1. The number of carbonyl (C=O) groups excluding carboxylic acids is 2. The van der Waals surface area contributed by atoms with Gasteiger partial charge in [-0.15, -0.1) is 0 Å². The molecule has 0 N–H and O–H groups in total. The number of benzene rings is 1. The Morgan fingerprint density at radius 1 is 1.17 bits per heavy atom. The molecule has 0 saturated carbocycles. The van der Waals surface area contributed by atoms with Crippen LogP contribution in [0.3, 0.4) is 0 Å². The van der Waals surface area contributed by atoms with Crippen LogP contribution in [-0.2, 0) is 27.3 Å². The van der Waals surface area contributed by atoms with Crippen molar-refractivity contribution in [3.05, 3.63) is 64.9 Å². The van der Waals surface area contributed by atoms with E-state index in [1.807, 2.05) is 42.6 Å². The molecule has 0 spiro atoms. The molecule has 154 valence electrons. The number of aromatic nitrogens is 3. The van der Waals surface area contributed by atoms with E-state index in [9.17, 15) is 9.59 Å². The fourth-order valence-corrected chi connectivity index (χ4v) is 3.52. The first-order chi connectivity index (χ1) is 14.5. The first-order valence-corrected chi connectivity index (χ1v) is 9.53. The zero-order chi connectivity index (χ0) is 21.3. The van der Waals surface area contributed by atoms with Crippen LogP contribution in [0, 0.1) is 13.8 Å². The molecule has 0 aliphatic carbocycles. The minimum Gasteiger partial charge on any atom is -0.463 e. The molecule has 0 bridgehead atoms. The Labute approximate surface area is 172 Å². The molecule has 0 aliphatic heterocycles. The number of ether oxygens (including phenoxy) is 2. The first kappa shape index (κ1) is 19.6. The third-order valence-electron chi connectivity index (χ3n) is 5.10. The lowest BCUT2D eigenvalue weighted by Gasteiger charge is -2.11. The van der Waals surface area contributed by atoms with Gasteiger partial charge in [0.1, 0.15) is 6.61 Å². The fraction of sp³-hybridized carbons (Fsp3) is 0.273. The van der Waals surface area contributed by atoms with Crippen molar-refractivity contribution in [1.29, 1.82) is 0 Å². The number of carbonyl (C=O) groups is 2. The van der Waals surface area contributed by atoms with Crippen LogP contribution in [0.1, 0.15) is 39.5 Å². The Hall–Kier alpha value is -3.68. The van der Waals surface area contributed by atoms with Gasteiger partial charge < -0.3 is 13.9 Å². The lowest BCUT2D eigenvalue weighted by Crippen LogP contribution is -2.11. The number of esters is 2. The zero-order valence-electron chi connectivity index (χ0n) is 17.0. The Morgan fingerprint density at radius 3 is 2.77 bits per heavy atom. The lowest BCUT2D eigenvalue weighted by molar-refractivity contribution is -0.144. The average Bonchev–Trinajstić information content (AvgIpc) is 3.36. The van der Waals surface area contributed by atoms with E-state index in [1.54, 1.807) is 6.07 Å². The number of aryl methyl sites for hydroxylation is 2. The maximum atomic E-state index is 12.3. The maximum Gasteiger partial charge on any atom is 0.374 e. The molecular formula is C22H21N3O5. The second-order valence-corrected chi connectivity index (χ2v) is 6.94. The topological polar surface area (TPSA) is 95.9 Å². The Morgan fingerprint density at radius 2 is 1.97 bits per heavy atom. The number of furan rings is 1. The summed E-state index contributed by atoms with van der Waals surface area (Å²) in [4.78, 5) is 28.6. The molecule has 30 heavy (non-hydrogen) atoms. The maximum absolute atomic E-state index is 12.3. The summed E-state index contributed by atoms with van der Waals surface area (Å²) in [6, 6.07) is 9.44. The lowest BCUT2D eigenvalue weighted by atomic mass is 10.1. The molecule has 1 aromatic carbocycles. The van der Waals surface area contributed by atoms with Gasteiger partial charge in [-0.2, -0.15) is 5.10 Å². The van der Waals surface area contributed by atoms with Gasteiger partial charge in [0.2, 0.25) is 5.76 Å². The third-order valence-corrected chi connectivity index (χ3v) is 5.10. The monoisotopic (exact) mass is 407 g/mol. The predicted octanol–water partition coefficient (Wildman–Crippen LogP) is 3.55. The second kappa shape index (κ2) is 7.98. The number of nitrogens with zero attached hydrogens (tertiary/aromatic N) is 3. The summed E-state index contributed by atoms with van der Waals surface area (Å²) >= 11 is 0. The normalized spacial score (nSPS) is 11.2. The van der Waals surface area contributed by atoms with Crippen molar-refractivity contribution in [2.75, 3.05) is 7.11 Å². The molecule has 0 radical (unpaired) electrons. The van der Waals surface area contributed by atoms with Gasteiger partial charge in [0.05, 0.1) is 18.9 Å². The van der Waals surface area contributed by atoms with E-state index in [0.29, 0.717) is 12.0 Å². The molecule has 0 amide bonds. The summed E-state index contributed by atoms with van der Waals surface area (Å²) in [6.07, 6.45) is 2.02. The molecule has 0 atom stereocenters. The largest absolute Gasteiger partial charge is 0.463 e. The smallest absolute Gasteiger partial charge is 0.374 e. The van der Waals surface area contributed by atoms with Crippen LogP contribution < -0.4 is 0 Å². The van der Waals surface area contributed by atoms with Crippen molar-refractivity contribution in [2.24, 2.45) is 0 Å². The molecule has 0 aliphatic rings. The van der Waals surface area contributed by atoms with E-state index in [1.165, 1.54) is 13.4 Å². The van der Waals surface area contributed by atoms with Crippen LogP contribution in [0.4, 0.5) is 0 Å². The molecule has 3 heterocycles. The minimum atomic E-state index is -0.608. The average molecular weight is 407 g/mol. The van der Waals surface area contributed by atoms with Crippen LogP contribution in [0.15, 0.2) is 41.0 Å². The third kappa shape index (κ3) is 3.52. The fourth-order valence-electron chi connectivity index (χ4n) is 3.52. The number of hydrogen-bond donors (Lipinski definition) is 0. The molecule has 0 fully saturated rings. The summed E-state index contributed by atoms with van der Waals surface area (Å²) in [5, 5.41) is 5.63. The van der Waals surface area contributed by atoms with E-state index >= 15 is 0 Å². The van der Waals surface area contributed by atoms with Gasteiger partial charge in [-0.25, -0.2) is 14.3 Å². The first-order valence-electron chi connectivity index (χ1n) is 9.53. The molecule has 8 nitrogen and oxygen atoms in total. The molecule has 4 rings (SSSR count). The van der Waals surface area contributed by atoms with Crippen LogP contribution in [0.25, 0.3) is 16.6 Å². The van der Waals surface area contributed by atoms with Crippen molar-refractivity contribution in [1.82, 2.24) is 14.6 Å². The van der Waals surface area contributed by atoms with E-state index < -0.39 is 5.97 Å². The summed E-state index contributed by atoms with van der Waals surface area (Å²) in [5.41, 5.74) is 4.93. The number of fused-ring (bicyclic) bond motifs is 3. The quantitative estimate of drug-likeness (QED) is 0.451. The van der Waals surface area contributed by atoms with Crippen molar-refractivity contribution < 1.29 is 23.5 Å². The SMILES string of the molecule is COC(=O)c1occc1COC(=O)CCc1c(C)nc2c3ccccc3nn2c1C. The van der Waals surface area contributed by atoms with Crippen LogP contribution in [-0.4, -0.2) is 33.6 Å². The van der Waals surface area contributed by atoms with Crippen molar-refractivity contribution in [3.8, 4) is 0 Å². The van der Waals surface area contributed by atoms with Gasteiger partial charge >= 0.3 is 11.9 Å².